The molecule has 0 saturated carbocycles. The fourth-order valence-corrected chi connectivity index (χ4v) is 0.326. The van der Waals surface area contributed by atoms with E-state index in [1.807, 2.05) is 0 Å². The summed E-state index contributed by atoms with van der Waals surface area (Å²) in [5, 5.41) is 0. The van der Waals surface area contributed by atoms with E-state index in [2.05, 4.69) is 0 Å². The molecule has 0 spiro atoms. The van der Waals surface area contributed by atoms with Crippen molar-refractivity contribution in [2.24, 2.45) is 0 Å². The molecule has 0 aromatic heterocycles. The van der Waals surface area contributed by atoms with E-state index in [0.717, 1.165) is 6.92 Å². The van der Waals surface area contributed by atoms with Crippen LogP contribution >= 0.6 is 0 Å². The Kier molecular flexibility index (Phi) is 5.44. The summed E-state index contributed by atoms with van der Waals surface area (Å²) < 4.78 is 33.9. The molecule has 0 bridgehead atoms. The first-order chi connectivity index (χ1) is 4.34. The van der Waals surface area contributed by atoms with Gasteiger partial charge in [0.2, 0.25) is 5.78 Å². The summed E-state index contributed by atoms with van der Waals surface area (Å²) in [6.45, 7) is 0.934. The molecule has 2 nitrogen and oxygen atoms in total. The third-order valence-corrected chi connectivity index (χ3v) is 0.726. The molecule has 0 aromatic carbocycles. The maximum atomic E-state index is 11.3. The van der Waals surface area contributed by atoms with Gasteiger partial charge in [0.25, 0.3) is 0 Å². The Hall–Kier alpha value is -0.351. The van der Waals surface area contributed by atoms with Crippen molar-refractivity contribution >= 4 is 11.6 Å². The summed E-state index contributed by atoms with van der Waals surface area (Å²) in [5.41, 5.74) is 0. The zero-order valence-corrected chi connectivity index (χ0v) is 6.62. The second kappa shape index (κ2) is 4.51. The second-order valence-corrected chi connectivity index (χ2v) is 1.80. The first kappa shape index (κ1) is 13.3. The number of carbonyl (C=O) groups is 2. The van der Waals surface area contributed by atoms with Crippen LogP contribution in [0.3, 0.4) is 0 Å². The monoisotopic (exact) mass is 210 g/mol. The van der Waals surface area contributed by atoms with Gasteiger partial charge >= 0.3 is 6.18 Å². The van der Waals surface area contributed by atoms with Gasteiger partial charge in [-0.15, -0.1) is 0 Å². The topological polar surface area (TPSA) is 34.1 Å². The van der Waals surface area contributed by atoms with E-state index in [9.17, 15) is 22.8 Å². The molecule has 66 valence electrons. The van der Waals surface area contributed by atoms with Crippen LogP contribution in [0.15, 0.2) is 0 Å². The Bertz CT molecular complexity index is 164. The Morgan fingerprint density at radius 3 is 1.73 bits per heavy atom. The largest absolute Gasteiger partial charge is 0.450 e. The molecule has 6 heteroatoms. The van der Waals surface area contributed by atoms with Crippen LogP contribution in [-0.2, 0) is 26.7 Å². The van der Waals surface area contributed by atoms with E-state index < -0.39 is 24.2 Å². The van der Waals surface area contributed by atoms with Crippen molar-refractivity contribution in [3.8, 4) is 0 Å². The maximum absolute atomic E-state index is 11.3. The molecule has 0 aliphatic rings. The summed E-state index contributed by atoms with van der Waals surface area (Å²) in [6, 6.07) is 0. The first-order valence-electron chi connectivity index (χ1n) is 2.43. The predicted octanol–water partition coefficient (Wildman–Crippen LogP) is 1.09. The van der Waals surface area contributed by atoms with Gasteiger partial charge in [-0.2, -0.15) is 13.2 Å². The van der Waals surface area contributed by atoms with Gasteiger partial charge in [0.05, 0.1) is 6.42 Å². The van der Waals surface area contributed by atoms with Crippen molar-refractivity contribution in [3.05, 3.63) is 0 Å². The number of hydrogen-bond donors (Lipinski definition) is 0. The number of halogens is 3. The van der Waals surface area contributed by atoms with Crippen LogP contribution in [0.25, 0.3) is 0 Å². The number of ketones is 2. The van der Waals surface area contributed by atoms with Crippen LogP contribution in [0.2, 0.25) is 0 Å². The van der Waals surface area contributed by atoms with Crippen molar-refractivity contribution in [2.75, 3.05) is 0 Å². The minimum absolute atomic E-state index is 0. The fourth-order valence-electron chi connectivity index (χ4n) is 0.326. The van der Waals surface area contributed by atoms with Crippen LogP contribution in [-0.4, -0.2) is 17.7 Å². The fraction of sp³-hybridized carbons (Fsp3) is 0.600. The third kappa shape index (κ3) is 6.06. The van der Waals surface area contributed by atoms with E-state index in [4.69, 9.17) is 0 Å². The zero-order chi connectivity index (χ0) is 8.36. The molecular formula is C5H5F3FeO2. The quantitative estimate of drug-likeness (QED) is 0.505. The normalized spacial score (nSPS) is 10.2. The smallest absolute Gasteiger partial charge is 0.300 e. The van der Waals surface area contributed by atoms with Gasteiger partial charge in [-0.25, -0.2) is 0 Å². The average Bonchev–Trinajstić information content (AvgIpc) is 1.60. The van der Waals surface area contributed by atoms with Gasteiger partial charge in [0.1, 0.15) is 5.78 Å². The van der Waals surface area contributed by atoms with Crippen molar-refractivity contribution in [2.45, 2.75) is 19.5 Å². The minimum atomic E-state index is -4.87. The minimum Gasteiger partial charge on any atom is -0.300 e. The summed E-state index contributed by atoms with van der Waals surface area (Å²) >= 11 is 0. The summed E-state index contributed by atoms with van der Waals surface area (Å²) in [6.07, 6.45) is -5.92. The number of alkyl halides is 3. The summed E-state index contributed by atoms with van der Waals surface area (Å²) in [5.74, 6) is -2.76. The van der Waals surface area contributed by atoms with Crippen molar-refractivity contribution in [1.29, 1.82) is 0 Å². The van der Waals surface area contributed by atoms with Crippen LogP contribution in [0.5, 0.6) is 0 Å². The predicted molar refractivity (Wildman–Crippen MR) is 26.4 cm³/mol. The van der Waals surface area contributed by atoms with E-state index in [1.54, 1.807) is 0 Å². The maximum Gasteiger partial charge on any atom is 0.450 e. The van der Waals surface area contributed by atoms with E-state index >= 15 is 0 Å². The SMILES string of the molecule is CC(=O)CC(=O)C(F)(F)F.[Fe]. The molecule has 11 heavy (non-hydrogen) atoms. The van der Waals surface area contributed by atoms with Crippen LogP contribution < -0.4 is 0 Å². The molecule has 0 radical (unpaired) electrons. The van der Waals surface area contributed by atoms with Gasteiger partial charge in [-0.05, 0) is 6.92 Å². The molecule has 0 aliphatic carbocycles. The third-order valence-electron chi connectivity index (χ3n) is 0.726. The molecule has 0 amide bonds. The van der Waals surface area contributed by atoms with Crippen LogP contribution in [0.1, 0.15) is 13.3 Å². The van der Waals surface area contributed by atoms with E-state index in [0.29, 0.717) is 0 Å². The van der Waals surface area contributed by atoms with Gasteiger partial charge in [-0.1, -0.05) is 0 Å². The Labute approximate surface area is 71.6 Å². The van der Waals surface area contributed by atoms with Gasteiger partial charge in [0, 0.05) is 17.1 Å². The van der Waals surface area contributed by atoms with Gasteiger partial charge < -0.3 is 0 Å². The first-order valence-corrected chi connectivity index (χ1v) is 2.43. The van der Waals surface area contributed by atoms with Crippen molar-refractivity contribution < 1.29 is 39.8 Å². The Balaban J connectivity index is 0. The van der Waals surface area contributed by atoms with E-state index in [-0.39, 0.29) is 17.1 Å². The molecule has 0 unspecified atom stereocenters. The van der Waals surface area contributed by atoms with Crippen molar-refractivity contribution in [1.82, 2.24) is 0 Å². The number of rotatable bonds is 2. The average molecular weight is 210 g/mol. The molecule has 0 atom stereocenters. The zero-order valence-electron chi connectivity index (χ0n) is 5.51. The standard InChI is InChI=1S/C5H5F3O2.Fe/c1-3(9)2-4(10)5(6,7)8;/h2H2,1H3;. The van der Waals surface area contributed by atoms with Gasteiger partial charge in [0.15, 0.2) is 0 Å². The molecular weight excluding hydrogens is 205 g/mol. The number of carbonyl (C=O) groups excluding carboxylic acids is 2. The van der Waals surface area contributed by atoms with Gasteiger partial charge in [-0.3, -0.25) is 9.59 Å². The second-order valence-electron chi connectivity index (χ2n) is 1.80. The summed E-state index contributed by atoms with van der Waals surface area (Å²) in [7, 11) is 0. The van der Waals surface area contributed by atoms with Crippen molar-refractivity contribution in [3.63, 3.8) is 0 Å². The molecule has 0 heterocycles. The molecule has 0 saturated heterocycles. The Morgan fingerprint density at radius 2 is 1.64 bits per heavy atom. The Morgan fingerprint density at radius 1 is 1.27 bits per heavy atom. The molecule has 0 aliphatic heterocycles. The molecule has 0 rings (SSSR count). The molecule has 0 fully saturated rings. The number of Topliss-reactive ketones (excluding diaryl/α,β-unsaturated/α-hetero) is 2. The molecule has 0 aromatic rings. The molecule has 0 N–H and O–H groups in total. The van der Waals surface area contributed by atoms with E-state index in [1.165, 1.54) is 0 Å². The van der Waals surface area contributed by atoms with Crippen LogP contribution in [0, 0.1) is 0 Å². The number of hydrogen-bond acceptors (Lipinski definition) is 2. The summed E-state index contributed by atoms with van der Waals surface area (Å²) in [4.78, 5) is 19.9. The van der Waals surface area contributed by atoms with Crippen LogP contribution in [0.4, 0.5) is 13.2 Å².